The molecule has 0 saturated heterocycles. The molecule has 15 heavy (non-hydrogen) atoms. The van der Waals surface area contributed by atoms with E-state index in [1.165, 1.54) is 20.0 Å². The van der Waals surface area contributed by atoms with E-state index in [0.29, 0.717) is 5.82 Å². The second-order valence-corrected chi connectivity index (χ2v) is 3.62. The van der Waals surface area contributed by atoms with Gasteiger partial charge in [-0.05, 0) is 30.9 Å². The van der Waals surface area contributed by atoms with Crippen LogP contribution >= 0.6 is 0 Å². The van der Waals surface area contributed by atoms with Crippen LogP contribution in [-0.4, -0.2) is 29.8 Å². The van der Waals surface area contributed by atoms with Crippen molar-refractivity contribution in [2.45, 2.75) is 12.8 Å². The van der Waals surface area contributed by atoms with Crippen molar-refractivity contribution in [3.8, 4) is 0 Å². The fraction of sp³-hybridized carbons (Fsp3) is 0.500. The molecule has 0 spiro atoms. The molecule has 0 radical (unpaired) electrons. The molecule has 1 fully saturated rings. The SMILES string of the molecule is COC(=O)c1ccc(NCC2CC2)nn1. The highest BCUT2D eigenvalue weighted by Crippen LogP contribution is 2.28. The van der Waals surface area contributed by atoms with Gasteiger partial charge in [0, 0.05) is 6.54 Å². The molecule has 1 aliphatic rings. The molecule has 1 N–H and O–H groups in total. The standard InChI is InChI=1S/C10H13N3O2/c1-15-10(14)8-4-5-9(13-12-8)11-6-7-2-3-7/h4-5,7H,2-3,6H2,1H3,(H,11,13). The number of carbonyl (C=O) groups excluding carboxylic acids is 1. The molecule has 80 valence electrons. The molecular formula is C10H13N3O2. The highest BCUT2D eigenvalue weighted by Gasteiger charge is 2.20. The van der Waals surface area contributed by atoms with Gasteiger partial charge in [0.2, 0.25) is 0 Å². The minimum absolute atomic E-state index is 0.231. The van der Waals surface area contributed by atoms with Gasteiger partial charge in [0.15, 0.2) is 5.69 Å². The van der Waals surface area contributed by atoms with Crippen molar-refractivity contribution in [3.05, 3.63) is 17.8 Å². The number of carbonyl (C=O) groups is 1. The average molecular weight is 207 g/mol. The molecule has 1 aromatic rings. The number of methoxy groups -OCH3 is 1. The lowest BCUT2D eigenvalue weighted by atomic mass is 10.3. The van der Waals surface area contributed by atoms with Crippen LogP contribution in [0.5, 0.6) is 0 Å². The lowest BCUT2D eigenvalue weighted by Crippen LogP contribution is -2.09. The van der Waals surface area contributed by atoms with Crippen molar-refractivity contribution < 1.29 is 9.53 Å². The first kappa shape index (κ1) is 9.89. The maximum absolute atomic E-state index is 11.1. The summed E-state index contributed by atoms with van der Waals surface area (Å²) in [6, 6.07) is 3.34. The number of esters is 1. The third-order valence-corrected chi connectivity index (χ3v) is 2.33. The number of hydrogen-bond donors (Lipinski definition) is 1. The number of aromatic nitrogens is 2. The Balaban J connectivity index is 1.93. The second-order valence-electron chi connectivity index (χ2n) is 3.62. The maximum Gasteiger partial charge on any atom is 0.358 e. The molecule has 1 aromatic heterocycles. The number of nitrogens with one attached hydrogen (secondary N) is 1. The first-order chi connectivity index (χ1) is 7.29. The van der Waals surface area contributed by atoms with Crippen LogP contribution in [0.25, 0.3) is 0 Å². The van der Waals surface area contributed by atoms with E-state index in [1.54, 1.807) is 12.1 Å². The van der Waals surface area contributed by atoms with E-state index in [2.05, 4.69) is 20.3 Å². The summed E-state index contributed by atoms with van der Waals surface area (Å²) in [7, 11) is 1.32. The molecule has 2 rings (SSSR count). The third-order valence-electron chi connectivity index (χ3n) is 2.33. The molecular weight excluding hydrogens is 194 g/mol. The summed E-state index contributed by atoms with van der Waals surface area (Å²) >= 11 is 0. The van der Waals surface area contributed by atoms with E-state index in [-0.39, 0.29) is 5.69 Å². The van der Waals surface area contributed by atoms with Gasteiger partial charge in [-0.2, -0.15) is 0 Å². The van der Waals surface area contributed by atoms with E-state index >= 15 is 0 Å². The fourth-order valence-electron chi connectivity index (χ4n) is 1.21. The van der Waals surface area contributed by atoms with E-state index < -0.39 is 5.97 Å². The zero-order chi connectivity index (χ0) is 10.7. The highest BCUT2D eigenvalue weighted by molar-refractivity contribution is 5.86. The van der Waals surface area contributed by atoms with Gasteiger partial charge in [-0.25, -0.2) is 4.79 Å². The molecule has 1 aliphatic carbocycles. The summed E-state index contributed by atoms with van der Waals surface area (Å²) in [5, 5.41) is 10.8. The van der Waals surface area contributed by atoms with Gasteiger partial charge in [0.05, 0.1) is 7.11 Å². The quantitative estimate of drug-likeness (QED) is 0.748. The number of hydrogen-bond acceptors (Lipinski definition) is 5. The van der Waals surface area contributed by atoms with Crippen LogP contribution in [0.2, 0.25) is 0 Å². The van der Waals surface area contributed by atoms with Gasteiger partial charge in [0.1, 0.15) is 5.82 Å². The van der Waals surface area contributed by atoms with Crippen molar-refractivity contribution in [2.24, 2.45) is 5.92 Å². The molecule has 0 atom stereocenters. The first-order valence-corrected chi connectivity index (χ1v) is 4.95. The van der Waals surface area contributed by atoms with Crippen molar-refractivity contribution in [1.29, 1.82) is 0 Å². The normalized spacial score (nSPS) is 14.7. The van der Waals surface area contributed by atoms with Gasteiger partial charge in [-0.1, -0.05) is 0 Å². The van der Waals surface area contributed by atoms with Crippen LogP contribution < -0.4 is 5.32 Å². The number of rotatable bonds is 4. The van der Waals surface area contributed by atoms with E-state index in [9.17, 15) is 4.79 Å². The lowest BCUT2D eigenvalue weighted by Gasteiger charge is -2.03. The summed E-state index contributed by atoms with van der Waals surface area (Å²) in [6.45, 7) is 0.937. The van der Waals surface area contributed by atoms with Crippen LogP contribution in [0.15, 0.2) is 12.1 Å². The molecule has 0 unspecified atom stereocenters. The molecule has 0 amide bonds. The van der Waals surface area contributed by atoms with E-state index in [4.69, 9.17) is 0 Å². The predicted molar refractivity (Wildman–Crippen MR) is 54.6 cm³/mol. The molecule has 1 heterocycles. The topological polar surface area (TPSA) is 64.1 Å². The third kappa shape index (κ3) is 2.65. The largest absolute Gasteiger partial charge is 0.464 e. The van der Waals surface area contributed by atoms with Gasteiger partial charge >= 0.3 is 5.97 Å². The van der Waals surface area contributed by atoms with Crippen molar-refractivity contribution in [2.75, 3.05) is 19.0 Å². The van der Waals surface area contributed by atoms with Crippen LogP contribution in [0.1, 0.15) is 23.3 Å². The summed E-state index contributed by atoms with van der Waals surface area (Å²) < 4.78 is 4.52. The smallest absolute Gasteiger partial charge is 0.358 e. The van der Waals surface area contributed by atoms with Crippen LogP contribution in [-0.2, 0) is 4.74 Å². The number of anilines is 1. The monoisotopic (exact) mass is 207 g/mol. The zero-order valence-corrected chi connectivity index (χ0v) is 8.56. The Morgan fingerprint density at radius 2 is 2.33 bits per heavy atom. The van der Waals surface area contributed by atoms with Gasteiger partial charge in [0.25, 0.3) is 0 Å². The average Bonchev–Trinajstić information content (AvgIpc) is 3.10. The molecule has 0 aromatic carbocycles. The van der Waals surface area contributed by atoms with Gasteiger partial charge in [-0.3, -0.25) is 0 Å². The van der Waals surface area contributed by atoms with Crippen LogP contribution in [0, 0.1) is 5.92 Å². The Bertz CT molecular complexity index is 346. The van der Waals surface area contributed by atoms with Gasteiger partial charge in [-0.15, -0.1) is 10.2 Å². The summed E-state index contributed by atoms with van der Waals surface area (Å²) in [6.07, 6.45) is 2.58. The maximum atomic E-state index is 11.1. The summed E-state index contributed by atoms with van der Waals surface area (Å²) in [4.78, 5) is 11.1. The van der Waals surface area contributed by atoms with Crippen LogP contribution in [0.3, 0.4) is 0 Å². The Labute approximate surface area is 87.8 Å². The molecule has 0 bridgehead atoms. The second kappa shape index (κ2) is 4.25. The number of nitrogens with zero attached hydrogens (tertiary/aromatic N) is 2. The Kier molecular flexibility index (Phi) is 2.80. The minimum atomic E-state index is -0.462. The van der Waals surface area contributed by atoms with Crippen LogP contribution in [0.4, 0.5) is 5.82 Å². The van der Waals surface area contributed by atoms with E-state index in [1.807, 2.05) is 0 Å². The summed E-state index contributed by atoms with van der Waals surface area (Å²) in [5.41, 5.74) is 0.231. The molecule has 1 saturated carbocycles. The Morgan fingerprint density at radius 1 is 1.53 bits per heavy atom. The lowest BCUT2D eigenvalue weighted by molar-refractivity contribution is 0.0593. The van der Waals surface area contributed by atoms with Crippen molar-refractivity contribution in [3.63, 3.8) is 0 Å². The minimum Gasteiger partial charge on any atom is -0.464 e. The van der Waals surface area contributed by atoms with Gasteiger partial charge < -0.3 is 10.1 Å². The van der Waals surface area contributed by atoms with Crippen molar-refractivity contribution >= 4 is 11.8 Å². The fourth-order valence-corrected chi connectivity index (χ4v) is 1.21. The summed E-state index contributed by atoms with van der Waals surface area (Å²) in [5.74, 6) is 1.03. The Morgan fingerprint density at radius 3 is 2.87 bits per heavy atom. The Hall–Kier alpha value is -1.65. The predicted octanol–water partition coefficient (Wildman–Crippen LogP) is 1.09. The first-order valence-electron chi connectivity index (χ1n) is 4.95. The molecule has 5 heteroatoms. The number of ether oxygens (including phenoxy) is 1. The highest BCUT2D eigenvalue weighted by atomic mass is 16.5. The molecule has 0 aliphatic heterocycles. The van der Waals surface area contributed by atoms with E-state index in [0.717, 1.165) is 12.5 Å². The zero-order valence-electron chi connectivity index (χ0n) is 8.56. The van der Waals surface area contributed by atoms with Crippen molar-refractivity contribution in [1.82, 2.24) is 10.2 Å². The molecule has 5 nitrogen and oxygen atoms in total.